The summed E-state index contributed by atoms with van der Waals surface area (Å²) in [6.07, 6.45) is -0.443. The van der Waals surface area contributed by atoms with Gasteiger partial charge in [-0.25, -0.2) is 13.6 Å². The number of hydrogen-bond acceptors (Lipinski definition) is 6. The Labute approximate surface area is 123 Å². The summed E-state index contributed by atoms with van der Waals surface area (Å²) in [6.45, 7) is 2.98. The molecular weight excluding hydrogens is 298 g/mol. The second-order valence-electron chi connectivity index (χ2n) is 5.11. The van der Waals surface area contributed by atoms with E-state index in [-0.39, 0.29) is 12.2 Å². The van der Waals surface area contributed by atoms with E-state index in [4.69, 9.17) is 4.74 Å². The van der Waals surface area contributed by atoms with Gasteiger partial charge in [-0.15, -0.1) is 5.10 Å². The van der Waals surface area contributed by atoms with E-state index >= 15 is 0 Å². The standard InChI is InChI=1S/C12H14F2N6O2/c1-3-12(14)7(2)9(13)10(22-12)19-5-4-8(16-11(19)21)20-6-15-17-18-20/h4-7,9-10H,3H2,1-2H3/t7-,9+,10+,12+/m0/s1. The van der Waals surface area contributed by atoms with Gasteiger partial charge < -0.3 is 4.74 Å². The zero-order valence-corrected chi connectivity index (χ0v) is 11.9. The molecule has 4 atom stereocenters. The normalized spacial score (nSPS) is 31.5. The molecule has 8 nitrogen and oxygen atoms in total. The van der Waals surface area contributed by atoms with Crippen molar-refractivity contribution in [1.29, 1.82) is 0 Å². The van der Waals surface area contributed by atoms with Gasteiger partial charge in [-0.1, -0.05) is 13.8 Å². The van der Waals surface area contributed by atoms with Crippen LogP contribution in [0.4, 0.5) is 8.78 Å². The van der Waals surface area contributed by atoms with Crippen molar-refractivity contribution in [2.75, 3.05) is 0 Å². The Morgan fingerprint density at radius 2 is 2.27 bits per heavy atom. The van der Waals surface area contributed by atoms with Crippen molar-refractivity contribution < 1.29 is 13.5 Å². The molecule has 0 radical (unpaired) electrons. The Bertz CT molecular complexity index is 721. The third kappa shape index (κ3) is 2.19. The van der Waals surface area contributed by atoms with Crippen LogP contribution in [0.5, 0.6) is 0 Å². The van der Waals surface area contributed by atoms with Crippen LogP contribution in [0.25, 0.3) is 5.82 Å². The third-order valence-electron chi connectivity index (χ3n) is 3.90. The smallest absolute Gasteiger partial charge is 0.318 e. The van der Waals surface area contributed by atoms with Gasteiger partial charge in [0.2, 0.25) is 5.85 Å². The fraction of sp³-hybridized carbons (Fsp3) is 0.583. The van der Waals surface area contributed by atoms with Gasteiger partial charge in [-0.2, -0.15) is 9.67 Å². The highest BCUT2D eigenvalue weighted by molar-refractivity contribution is 5.16. The molecule has 0 N–H and O–H groups in total. The van der Waals surface area contributed by atoms with Crippen LogP contribution in [0.15, 0.2) is 23.4 Å². The van der Waals surface area contributed by atoms with E-state index in [1.165, 1.54) is 30.2 Å². The molecule has 118 valence electrons. The van der Waals surface area contributed by atoms with Crippen molar-refractivity contribution in [2.45, 2.75) is 38.5 Å². The molecule has 1 aliphatic rings. The molecule has 2 aromatic rings. The molecule has 0 bridgehead atoms. The number of nitrogens with zero attached hydrogens (tertiary/aromatic N) is 6. The lowest BCUT2D eigenvalue weighted by molar-refractivity contribution is -0.172. The zero-order chi connectivity index (χ0) is 15.9. The molecule has 0 spiro atoms. The second kappa shape index (κ2) is 5.20. The number of halogens is 2. The molecule has 2 aromatic heterocycles. The molecule has 0 unspecified atom stereocenters. The molecule has 22 heavy (non-hydrogen) atoms. The van der Waals surface area contributed by atoms with Crippen molar-refractivity contribution in [2.24, 2.45) is 5.92 Å². The monoisotopic (exact) mass is 312 g/mol. The maximum Gasteiger partial charge on any atom is 0.351 e. The van der Waals surface area contributed by atoms with Crippen molar-refractivity contribution in [3.05, 3.63) is 29.1 Å². The molecule has 0 amide bonds. The van der Waals surface area contributed by atoms with Crippen LogP contribution in [0.3, 0.4) is 0 Å². The fourth-order valence-corrected chi connectivity index (χ4v) is 2.46. The van der Waals surface area contributed by atoms with Gasteiger partial charge in [0.15, 0.2) is 18.2 Å². The molecule has 3 rings (SSSR count). The molecule has 1 fully saturated rings. The highest BCUT2D eigenvalue weighted by Crippen LogP contribution is 2.45. The minimum absolute atomic E-state index is 0.00399. The number of aromatic nitrogens is 6. The average molecular weight is 312 g/mol. The van der Waals surface area contributed by atoms with Gasteiger partial charge in [0.25, 0.3) is 0 Å². The third-order valence-corrected chi connectivity index (χ3v) is 3.90. The molecule has 0 saturated carbocycles. The number of tetrazole rings is 1. The lowest BCUT2D eigenvalue weighted by atomic mass is 9.97. The first kappa shape index (κ1) is 14.7. The van der Waals surface area contributed by atoms with Gasteiger partial charge >= 0.3 is 5.69 Å². The predicted molar refractivity (Wildman–Crippen MR) is 69.5 cm³/mol. The topological polar surface area (TPSA) is 87.7 Å². The fourth-order valence-electron chi connectivity index (χ4n) is 2.46. The first-order chi connectivity index (χ1) is 10.5. The number of ether oxygens (including phenoxy) is 1. The van der Waals surface area contributed by atoms with Gasteiger partial charge in [0, 0.05) is 12.6 Å². The Morgan fingerprint density at radius 1 is 1.50 bits per heavy atom. The first-order valence-corrected chi connectivity index (χ1v) is 6.79. The van der Waals surface area contributed by atoms with Crippen LogP contribution >= 0.6 is 0 Å². The van der Waals surface area contributed by atoms with Crippen LogP contribution in [0, 0.1) is 5.92 Å². The SMILES string of the molecule is CC[C@@]1(F)O[C@@H](n2ccc(-n3cnnn3)nc2=O)[C@H](F)[C@@H]1C. The van der Waals surface area contributed by atoms with E-state index in [0.717, 1.165) is 4.57 Å². The number of rotatable bonds is 3. The van der Waals surface area contributed by atoms with E-state index in [0.29, 0.717) is 0 Å². The maximum atomic E-state index is 14.4. The molecule has 0 aliphatic carbocycles. The summed E-state index contributed by atoms with van der Waals surface area (Å²) in [4.78, 5) is 15.8. The number of alkyl halides is 2. The van der Waals surface area contributed by atoms with E-state index in [1.54, 1.807) is 6.92 Å². The zero-order valence-electron chi connectivity index (χ0n) is 11.9. The maximum absolute atomic E-state index is 14.4. The van der Waals surface area contributed by atoms with E-state index in [2.05, 4.69) is 20.5 Å². The van der Waals surface area contributed by atoms with Crippen molar-refractivity contribution in [3.63, 3.8) is 0 Å². The minimum atomic E-state index is -2.10. The lowest BCUT2D eigenvalue weighted by Crippen LogP contribution is -2.31. The summed E-state index contributed by atoms with van der Waals surface area (Å²) in [7, 11) is 0. The first-order valence-electron chi connectivity index (χ1n) is 6.79. The average Bonchev–Trinajstić information content (AvgIpc) is 3.12. The van der Waals surface area contributed by atoms with Gasteiger partial charge in [-0.05, 0) is 16.5 Å². The summed E-state index contributed by atoms with van der Waals surface area (Å²) in [5, 5.41) is 10.5. The summed E-state index contributed by atoms with van der Waals surface area (Å²) in [5.41, 5.74) is -0.770. The predicted octanol–water partition coefficient (Wildman–Crippen LogP) is 0.798. The Hall–Kier alpha value is -2.23. The summed E-state index contributed by atoms with van der Waals surface area (Å²) < 4.78 is 36.0. The van der Waals surface area contributed by atoms with Crippen LogP contribution in [0.2, 0.25) is 0 Å². The van der Waals surface area contributed by atoms with Crippen LogP contribution in [-0.4, -0.2) is 41.8 Å². The van der Waals surface area contributed by atoms with E-state index in [1.807, 2.05) is 0 Å². The van der Waals surface area contributed by atoms with Gasteiger partial charge in [0.05, 0.1) is 5.92 Å². The molecule has 1 aliphatic heterocycles. The van der Waals surface area contributed by atoms with Crippen LogP contribution in [0.1, 0.15) is 26.5 Å². The van der Waals surface area contributed by atoms with Crippen LogP contribution < -0.4 is 5.69 Å². The molecule has 3 heterocycles. The summed E-state index contributed by atoms with van der Waals surface area (Å²) in [6, 6.07) is 1.42. The Kier molecular flexibility index (Phi) is 3.47. The number of hydrogen-bond donors (Lipinski definition) is 0. The van der Waals surface area contributed by atoms with Crippen LogP contribution in [-0.2, 0) is 4.74 Å². The summed E-state index contributed by atoms with van der Waals surface area (Å²) >= 11 is 0. The van der Waals surface area contributed by atoms with Gasteiger partial charge in [-0.3, -0.25) is 4.57 Å². The van der Waals surface area contributed by atoms with Crippen molar-refractivity contribution in [1.82, 2.24) is 29.8 Å². The van der Waals surface area contributed by atoms with Crippen molar-refractivity contribution in [3.8, 4) is 5.82 Å². The highest BCUT2D eigenvalue weighted by atomic mass is 19.2. The Morgan fingerprint density at radius 3 is 2.82 bits per heavy atom. The van der Waals surface area contributed by atoms with Gasteiger partial charge in [0.1, 0.15) is 6.33 Å². The largest absolute Gasteiger partial charge is 0.351 e. The molecule has 10 heteroatoms. The Balaban J connectivity index is 1.95. The molecular formula is C12H14F2N6O2. The molecule has 0 aromatic carbocycles. The second-order valence-corrected chi connectivity index (χ2v) is 5.11. The summed E-state index contributed by atoms with van der Waals surface area (Å²) in [5.74, 6) is -2.90. The quantitative estimate of drug-likeness (QED) is 0.833. The highest BCUT2D eigenvalue weighted by Gasteiger charge is 2.54. The lowest BCUT2D eigenvalue weighted by Gasteiger charge is -2.21. The van der Waals surface area contributed by atoms with E-state index < -0.39 is 29.9 Å². The van der Waals surface area contributed by atoms with Crippen molar-refractivity contribution >= 4 is 0 Å². The minimum Gasteiger partial charge on any atom is -0.318 e. The molecule has 1 saturated heterocycles. The van der Waals surface area contributed by atoms with E-state index in [9.17, 15) is 13.6 Å².